The van der Waals surface area contributed by atoms with Crippen molar-refractivity contribution in [1.29, 1.82) is 0 Å². The Balaban J connectivity index is 1.88. The lowest BCUT2D eigenvalue weighted by atomic mass is 10.1. The van der Waals surface area contributed by atoms with Gasteiger partial charge in [-0.15, -0.1) is 0 Å². The highest BCUT2D eigenvalue weighted by Crippen LogP contribution is 2.66. The molecule has 7 heteroatoms. The van der Waals surface area contributed by atoms with Crippen LogP contribution < -0.4 is 13.9 Å². The van der Waals surface area contributed by atoms with Crippen molar-refractivity contribution < 1.29 is 23.5 Å². The molecule has 0 saturated carbocycles. The zero-order chi connectivity index (χ0) is 19.8. The van der Waals surface area contributed by atoms with Crippen molar-refractivity contribution in [2.45, 2.75) is 5.34 Å². The SMILES string of the molecule is CN1C(=O)C(O)(P(=O)(Oc2ccccc2)Oc2ccccc2)c2ccccc21. The van der Waals surface area contributed by atoms with E-state index in [4.69, 9.17) is 9.05 Å². The molecule has 1 atom stereocenters. The molecule has 1 amide bonds. The van der Waals surface area contributed by atoms with E-state index in [1.54, 1.807) is 84.9 Å². The Kier molecular flexibility index (Phi) is 4.46. The maximum atomic E-state index is 14.1. The number of carbonyl (C=O) groups excluding carboxylic acids is 1. The summed E-state index contributed by atoms with van der Waals surface area (Å²) in [6, 6.07) is 23.3. The second-order valence-electron chi connectivity index (χ2n) is 6.36. The molecule has 1 heterocycles. The molecule has 0 aromatic heterocycles. The first-order chi connectivity index (χ1) is 13.5. The largest absolute Gasteiger partial charge is 0.476 e. The smallest absolute Gasteiger partial charge is 0.414 e. The third-order valence-electron chi connectivity index (χ3n) is 4.58. The van der Waals surface area contributed by atoms with Gasteiger partial charge < -0.3 is 19.1 Å². The van der Waals surface area contributed by atoms with E-state index in [1.807, 2.05) is 0 Å². The summed E-state index contributed by atoms with van der Waals surface area (Å²) < 4.78 is 25.5. The van der Waals surface area contributed by atoms with Crippen LogP contribution in [0.15, 0.2) is 84.9 Å². The summed E-state index contributed by atoms with van der Waals surface area (Å²) in [6.45, 7) is 0. The maximum absolute atomic E-state index is 14.1. The number of amides is 1. The summed E-state index contributed by atoms with van der Waals surface area (Å²) in [6.07, 6.45) is 0. The number of likely N-dealkylation sites (N-methyl/N-ethyl adjacent to an activating group) is 1. The molecule has 1 aliphatic heterocycles. The van der Waals surface area contributed by atoms with Gasteiger partial charge in [0.2, 0.25) is 0 Å². The Labute approximate surface area is 162 Å². The standard InChI is InChI=1S/C21H18NO5P/c1-22-19-15-9-8-14-18(19)21(24,20(22)23)28(25,26-16-10-4-2-5-11-16)27-17-12-6-3-7-13-17/h2-15,24H,1H3. The van der Waals surface area contributed by atoms with E-state index in [-0.39, 0.29) is 17.1 Å². The van der Waals surface area contributed by atoms with Crippen LogP contribution in [0.1, 0.15) is 5.56 Å². The fourth-order valence-electron chi connectivity index (χ4n) is 3.18. The number of hydrogen-bond acceptors (Lipinski definition) is 5. The second kappa shape index (κ2) is 6.82. The average molecular weight is 395 g/mol. The minimum absolute atomic E-state index is 0.178. The third kappa shape index (κ3) is 2.78. The first-order valence-corrected chi connectivity index (χ1v) is 10.2. The Morgan fingerprint density at radius 3 is 1.82 bits per heavy atom. The number of aliphatic hydroxyl groups is 1. The van der Waals surface area contributed by atoms with E-state index >= 15 is 0 Å². The Morgan fingerprint density at radius 1 is 0.821 bits per heavy atom. The van der Waals surface area contributed by atoms with Crippen LogP contribution in [0.4, 0.5) is 5.69 Å². The van der Waals surface area contributed by atoms with Gasteiger partial charge in [0.15, 0.2) is 0 Å². The van der Waals surface area contributed by atoms with Gasteiger partial charge in [-0.1, -0.05) is 54.6 Å². The van der Waals surface area contributed by atoms with Crippen molar-refractivity contribution in [3.8, 4) is 11.5 Å². The summed E-state index contributed by atoms with van der Waals surface area (Å²) in [4.78, 5) is 14.3. The number of rotatable bonds is 5. The molecule has 4 rings (SSSR count). The fourth-order valence-corrected chi connectivity index (χ4v) is 5.14. The molecule has 1 unspecified atom stereocenters. The van der Waals surface area contributed by atoms with Crippen LogP contribution in [0.2, 0.25) is 0 Å². The molecule has 3 aromatic rings. The first-order valence-electron chi connectivity index (χ1n) is 8.65. The van der Waals surface area contributed by atoms with E-state index in [2.05, 4.69) is 0 Å². The molecule has 142 valence electrons. The highest BCUT2D eigenvalue weighted by atomic mass is 31.2. The minimum atomic E-state index is -4.48. The molecule has 1 aliphatic rings. The number of nitrogens with zero attached hydrogens (tertiary/aromatic N) is 1. The molecule has 3 aromatic carbocycles. The molecule has 1 N–H and O–H groups in total. The molecule has 0 radical (unpaired) electrons. The van der Waals surface area contributed by atoms with Crippen molar-refractivity contribution in [1.82, 2.24) is 0 Å². The van der Waals surface area contributed by atoms with Gasteiger partial charge in [0.05, 0.1) is 5.69 Å². The second-order valence-corrected chi connectivity index (χ2v) is 8.37. The zero-order valence-corrected chi connectivity index (χ0v) is 16.0. The number of anilines is 1. The normalized spacial score (nSPS) is 18.6. The van der Waals surface area contributed by atoms with Gasteiger partial charge >= 0.3 is 7.60 Å². The Bertz CT molecular complexity index is 1010. The van der Waals surface area contributed by atoms with Crippen LogP contribution >= 0.6 is 7.60 Å². The molecular weight excluding hydrogens is 377 g/mol. The summed E-state index contributed by atoms with van der Waals surface area (Å²) in [5, 5.41) is 9.04. The first kappa shape index (κ1) is 18.3. The Morgan fingerprint density at radius 2 is 1.29 bits per heavy atom. The lowest BCUT2D eigenvalue weighted by molar-refractivity contribution is -0.129. The fraction of sp³-hybridized carbons (Fsp3) is 0.0952. The highest BCUT2D eigenvalue weighted by molar-refractivity contribution is 7.57. The Hall–Kier alpha value is -3.08. The van der Waals surface area contributed by atoms with Crippen molar-refractivity contribution in [3.05, 3.63) is 90.5 Å². The molecule has 0 aliphatic carbocycles. The highest BCUT2D eigenvalue weighted by Gasteiger charge is 2.65. The van der Waals surface area contributed by atoms with E-state index in [1.165, 1.54) is 11.9 Å². The van der Waals surface area contributed by atoms with Crippen molar-refractivity contribution >= 4 is 19.2 Å². The molecule has 28 heavy (non-hydrogen) atoms. The quantitative estimate of drug-likeness (QED) is 0.657. The zero-order valence-electron chi connectivity index (χ0n) is 15.1. The van der Waals surface area contributed by atoms with Crippen LogP contribution in [0, 0.1) is 0 Å². The van der Waals surface area contributed by atoms with E-state index in [0.29, 0.717) is 5.69 Å². The predicted molar refractivity (Wildman–Crippen MR) is 105 cm³/mol. The summed E-state index contributed by atoms with van der Waals surface area (Å²) in [5.41, 5.74) is 0.626. The van der Waals surface area contributed by atoms with E-state index in [0.717, 1.165) is 0 Å². The van der Waals surface area contributed by atoms with Crippen LogP contribution in [0.5, 0.6) is 11.5 Å². The van der Waals surface area contributed by atoms with Crippen molar-refractivity contribution in [2.75, 3.05) is 11.9 Å². The molecule has 0 spiro atoms. The van der Waals surface area contributed by atoms with Gasteiger partial charge in [-0.25, -0.2) is 4.57 Å². The third-order valence-corrected chi connectivity index (χ3v) is 6.70. The molecule has 0 saturated heterocycles. The van der Waals surface area contributed by atoms with Gasteiger partial charge in [-0.3, -0.25) is 4.79 Å². The monoisotopic (exact) mass is 395 g/mol. The lowest BCUT2D eigenvalue weighted by Crippen LogP contribution is -2.40. The number of fused-ring (bicyclic) bond motifs is 1. The van der Waals surface area contributed by atoms with Gasteiger partial charge in [0.1, 0.15) is 11.5 Å². The van der Waals surface area contributed by atoms with Crippen LogP contribution in [-0.2, 0) is 14.7 Å². The lowest BCUT2D eigenvalue weighted by Gasteiger charge is -2.30. The number of carbonyl (C=O) groups is 1. The molecule has 0 fully saturated rings. The topological polar surface area (TPSA) is 76.1 Å². The number of benzene rings is 3. The van der Waals surface area contributed by atoms with Gasteiger partial charge in [0.25, 0.3) is 11.2 Å². The van der Waals surface area contributed by atoms with Crippen molar-refractivity contribution in [2.24, 2.45) is 0 Å². The summed E-state index contributed by atoms with van der Waals surface area (Å²) in [7, 11) is -2.98. The van der Waals surface area contributed by atoms with E-state index < -0.39 is 18.8 Å². The van der Waals surface area contributed by atoms with Crippen LogP contribution in [-0.4, -0.2) is 18.1 Å². The molecular formula is C21H18NO5P. The van der Waals surface area contributed by atoms with Crippen LogP contribution in [0.3, 0.4) is 0 Å². The number of para-hydroxylation sites is 3. The number of hydrogen-bond donors (Lipinski definition) is 1. The van der Waals surface area contributed by atoms with Crippen molar-refractivity contribution in [3.63, 3.8) is 0 Å². The summed E-state index contributed by atoms with van der Waals surface area (Å²) in [5.74, 6) is -0.339. The van der Waals surface area contributed by atoms with Crippen LogP contribution in [0.25, 0.3) is 0 Å². The summed E-state index contributed by atoms with van der Waals surface area (Å²) >= 11 is 0. The molecule has 0 bridgehead atoms. The van der Waals surface area contributed by atoms with Gasteiger partial charge in [-0.2, -0.15) is 0 Å². The van der Waals surface area contributed by atoms with Gasteiger partial charge in [0, 0.05) is 12.6 Å². The van der Waals surface area contributed by atoms with Gasteiger partial charge in [-0.05, 0) is 30.3 Å². The average Bonchev–Trinajstić information content (AvgIpc) is 2.92. The predicted octanol–water partition coefficient (Wildman–Crippen LogP) is 4.16. The molecule has 6 nitrogen and oxygen atoms in total. The minimum Gasteiger partial charge on any atom is -0.414 e. The maximum Gasteiger partial charge on any atom is 0.476 e. The van der Waals surface area contributed by atoms with E-state index in [9.17, 15) is 14.5 Å².